The minimum atomic E-state index is -0.517. The third-order valence-electron chi connectivity index (χ3n) is 4.10. The molecule has 0 aliphatic carbocycles. The van der Waals surface area contributed by atoms with E-state index in [2.05, 4.69) is 15.0 Å². The van der Waals surface area contributed by atoms with E-state index in [9.17, 15) is 14.9 Å². The molecule has 2 heterocycles. The number of aromatic nitrogens is 3. The number of aromatic amines is 1. The standard InChI is InChI=1S/C21H18N4O5S/c1-4-29-20(27)13-7-8-23-17(10-13)30-15-6-5-12(9-16(15)28-2)18-14(11-22)19(26)25-21(24-18)31-3/h5-10H,4H2,1-3H3,(H,24,25,26). The van der Waals surface area contributed by atoms with Crippen LogP contribution in [0.3, 0.4) is 0 Å². The van der Waals surface area contributed by atoms with Crippen LogP contribution in [0.2, 0.25) is 0 Å². The van der Waals surface area contributed by atoms with Crippen molar-refractivity contribution in [3.05, 3.63) is 58.0 Å². The van der Waals surface area contributed by atoms with E-state index in [0.717, 1.165) is 0 Å². The van der Waals surface area contributed by atoms with Crippen LogP contribution in [0.15, 0.2) is 46.5 Å². The van der Waals surface area contributed by atoms with Crippen LogP contribution in [0.5, 0.6) is 17.4 Å². The molecular weight excluding hydrogens is 420 g/mol. The summed E-state index contributed by atoms with van der Waals surface area (Å²) in [5.41, 5.74) is 0.435. The number of methoxy groups -OCH3 is 1. The van der Waals surface area contributed by atoms with Gasteiger partial charge in [-0.2, -0.15) is 5.26 Å². The molecule has 0 amide bonds. The minimum absolute atomic E-state index is 0.0997. The molecule has 0 saturated carbocycles. The van der Waals surface area contributed by atoms with Gasteiger partial charge in [0.2, 0.25) is 5.88 Å². The van der Waals surface area contributed by atoms with E-state index in [0.29, 0.717) is 27.8 Å². The molecule has 1 N–H and O–H groups in total. The van der Waals surface area contributed by atoms with Gasteiger partial charge in [0.25, 0.3) is 5.56 Å². The van der Waals surface area contributed by atoms with E-state index in [1.165, 1.54) is 37.2 Å². The molecule has 3 rings (SSSR count). The average molecular weight is 438 g/mol. The smallest absolute Gasteiger partial charge is 0.338 e. The topological polar surface area (TPSA) is 127 Å². The van der Waals surface area contributed by atoms with Gasteiger partial charge in [-0.05, 0) is 37.4 Å². The summed E-state index contributed by atoms with van der Waals surface area (Å²) < 4.78 is 16.2. The van der Waals surface area contributed by atoms with Crippen LogP contribution in [-0.4, -0.2) is 40.9 Å². The van der Waals surface area contributed by atoms with E-state index in [-0.39, 0.29) is 23.7 Å². The van der Waals surface area contributed by atoms with Crippen molar-refractivity contribution in [1.29, 1.82) is 5.26 Å². The molecule has 1 aromatic carbocycles. The number of carbonyl (C=O) groups is 1. The van der Waals surface area contributed by atoms with Crippen LogP contribution in [0.4, 0.5) is 0 Å². The molecule has 0 saturated heterocycles. The highest BCUT2D eigenvalue weighted by atomic mass is 32.2. The monoisotopic (exact) mass is 438 g/mol. The summed E-state index contributed by atoms with van der Waals surface area (Å²) in [7, 11) is 1.46. The number of hydrogen-bond acceptors (Lipinski definition) is 9. The molecule has 3 aromatic rings. The second-order valence-electron chi connectivity index (χ2n) is 5.98. The zero-order valence-electron chi connectivity index (χ0n) is 17.0. The highest BCUT2D eigenvalue weighted by Gasteiger charge is 2.17. The number of ether oxygens (including phenoxy) is 3. The Balaban J connectivity index is 1.98. The van der Waals surface area contributed by atoms with Crippen molar-refractivity contribution in [3.8, 4) is 34.7 Å². The van der Waals surface area contributed by atoms with E-state index < -0.39 is 11.5 Å². The van der Waals surface area contributed by atoms with E-state index in [1.54, 1.807) is 31.4 Å². The van der Waals surface area contributed by atoms with E-state index in [1.807, 2.05) is 6.07 Å². The van der Waals surface area contributed by atoms with Gasteiger partial charge in [0, 0.05) is 17.8 Å². The van der Waals surface area contributed by atoms with Crippen LogP contribution in [0.25, 0.3) is 11.3 Å². The van der Waals surface area contributed by atoms with Crippen molar-refractivity contribution in [1.82, 2.24) is 15.0 Å². The van der Waals surface area contributed by atoms with Crippen molar-refractivity contribution >= 4 is 17.7 Å². The Labute approximate surface area is 182 Å². The number of nitriles is 1. The number of carbonyl (C=O) groups excluding carboxylic acids is 1. The van der Waals surface area contributed by atoms with Gasteiger partial charge >= 0.3 is 5.97 Å². The second-order valence-corrected chi connectivity index (χ2v) is 6.78. The molecule has 0 spiro atoms. The maximum absolute atomic E-state index is 12.2. The van der Waals surface area contributed by atoms with Gasteiger partial charge in [-0.1, -0.05) is 11.8 Å². The second kappa shape index (κ2) is 9.77. The fourth-order valence-corrected chi connectivity index (χ4v) is 3.06. The third-order valence-corrected chi connectivity index (χ3v) is 4.68. The van der Waals surface area contributed by atoms with Crippen LogP contribution in [0, 0.1) is 11.3 Å². The average Bonchev–Trinajstić information content (AvgIpc) is 2.79. The number of pyridine rings is 1. The molecule has 9 nitrogen and oxygen atoms in total. The summed E-state index contributed by atoms with van der Waals surface area (Å²) >= 11 is 1.25. The Bertz CT molecular complexity index is 1220. The normalized spacial score (nSPS) is 10.3. The molecule has 0 radical (unpaired) electrons. The lowest BCUT2D eigenvalue weighted by Gasteiger charge is -2.12. The number of thioether (sulfide) groups is 1. The number of hydrogen-bond donors (Lipinski definition) is 1. The Morgan fingerprint density at radius 3 is 2.74 bits per heavy atom. The first-order valence-corrected chi connectivity index (χ1v) is 10.3. The summed E-state index contributed by atoms with van der Waals surface area (Å²) in [5.74, 6) is 0.352. The van der Waals surface area contributed by atoms with Crippen LogP contribution in [0.1, 0.15) is 22.8 Å². The first-order chi connectivity index (χ1) is 15.0. The lowest BCUT2D eigenvalue weighted by atomic mass is 10.1. The quantitative estimate of drug-likeness (QED) is 0.335. The summed E-state index contributed by atoms with van der Waals surface area (Å²) in [4.78, 5) is 35.1. The Morgan fingerprint density at radius 2 is 2.06 bits per heavy atom. The molecular formula is C21H18N4O5S. The predicted octanol–water partition coefficient (Wildman–Crippen LogP) is 3.40. The van der Waals surface area contributed by atoms with Crippen molar-refractivity contribution in [3.63, 3.8) is 0 Å². The van der Waals surface area contributed by atoms with Gasteiger partial charge in [0.15, 0.2) is 16.7 Å². The summed E-state index contributed by atoms with van der Waals surface area (Å²) in [6.45, 7) is 1.98. The van der Waals surface area contributed by atoms with Crippen molar-refractivity contribution < 1.29 is 19.0 Å². The number of esters is 1. The molecule has 0 atom stereocenters. The fraction of sp³-hybridized carbons (Fsp3) is 0.190. The number of nitrogens with zero attached hydrogens (tertiary/aromatic N) is 3. The van der Waals surface area contributed by atoms with Gasteiger partial charge < -0.3 is 19.2 Å². The predicted molar refractivity (Wildman–Crippen MR) is 114 cm³/mol. The van der Waals surface area contributed by atoms with Gasteiger partial charge in [0.1, 0.15) is 11.6 Å². The Morgan fingerprint density at radius 1 is 1.26 bits per heavy atom. The van der Waals surface area contributed by atoms with Gasteiger partial charge in [-0.15, -0.1) is 0 Å². The van der Waals surface area contributed by atoms with Gasteiger partial charge in [0.05, 0.1) is 25.0 Å². The molecule has 2 aromatic heterocycles. The number of H-pyrrole nitrogens is 1. The van der Waals surface area contributed by atoms with Crippen molar-refractivity contribution in [2.24, 2.45) is 0 Å². The maximum Gasteiger partial charge on any atom is 0.338 e. The molecule has 0 bridgehead atoms. The van der Waals surface area contributed by atoms with Crippen LogP contribution >= 0.6 is 11.8 Å². The SMILES string of the molecule is CCOC(=O)c1ccnc(Oc2ccc(-c3nc(SC)[nH]c(=O)c3C#N)cc2OC)c1. The minimum Gasteiger partial charge on any atom is -0.493 e. The number of benzene rings is 1. The van der Waals surface area contributed by atoms with E-state index in [4.69, 9.17) is 14.2 Å². The molecule has 10 heteroatoms. The largest absolute Gasteiger partial charge is 0.493 e. The van der Waals surface area contributed by atoms with E-state index >= 15 is 0 Å². The zero-order chi connectivity index (χ0) is 22.4. The number of nitrogens with one attached hydrogen (secondary N) is 1. The number of rotatable bonds is 7. The molecule has 31 heavy (non-hydrogen) atoms. The highest BCUT2D eigenvalue weighted by molar-refractivity contribution is 7.98. The zero-order valence-corrected chi connectivity index (χ0v) is 17.8. The highest BCUT2D eigenvalue weighted by Crippen LogP contribution is 2.35. The summed E-state index contributed by atoms with van der Waals surface area (Å²) in [6.07, 6.45) is 3.20. The van der Waals surface area contributed by atoms with Crippen molar-refractivity contribution in [2.75, 3.05) is 20.0 Å². The fourth-order valence-electron chi connectivity index (χ4n) is 2.68. The van der Waals surface area contributed by atoms with Gasteiger partial charge in [-0.3, -0.25) is 4.79 Å². The Hall–Kier alpha value is -3.84. The molecule has 0 unspecified atom stereocenters. The molecule has 0 aliphatic heterocycles. The third kappa shape index (κ3) is 4.84. The summed E-state index contributed by atoms with van der Waals surface area (Å²) in [6, 6.07) is 9.74. The molecule has 0 fully saturated rings. The molecule has 0 aliphatic rings. The lowest BCUT2D eigenvalue weighted by Crippen LogP contribution is -2.14. The van der Waals surface area contributed by atoms with Crippen LogP contribution in [-0.2, 0) is 4.74 Å². The Kier molecular flexibility index (Phi) is 6.89. The maximum atomic E-state index is 12.2. The first-order valence-electron chi connectivity index (χ1n) is 9.08. The molecule has 158 valence electrons. The summed E-state index contributed by atoms with van der Waals surface area (Å²) in [5, 5.41) is 9.78. The van der Waals surface area contributed by atoms with Gasteiger partial charge in [-0.25, -0.2) is 14.8 Å². The van der Waals surface area contributed by atoms with Crippen molar-refractivity contribution in [2.45, 2.75) is 12.1 Å². The first kappa shape index (κ1) is 21.9. The van der Waals surface area contributed by atoms with Crippen LogP contribution < -0.4 is 15.0 Å². The lowest BCUT2D eigenvalue weighted by molar-refractivity contribution is 0.0526.